The molecule has 0 saturated heterocycles. The van der Waals surface area contributed by atoms with Crippen LogP contribution in [0.2, 0.25) is 0 Å². The lowest BCUT2D eigenvalue weighted by atomic mass is 10.0. The number of hydrogen-bond donors (Lipinski definition) is 2. The summed E-state index contributed by atoms with van der Waals surface area (Å²) in [7, 11) is 1.54. The average Bonchev–Trinajstić information content (AvgIpc) is 2.39. The molecule has 0 aliphatic rings. The van der Waals surface area contributed by atoms with Gasteiger partial charge in [0.05, 0.1) is 24.9 Å². The molecule has 5 heteroatoms. The molecule has 0 aliphatic carbocycles. The van der Waals surface area contributed by atoms with Crippen LogP contribution in [-0.4, -0.2) is 32.4 Å². The SMILES string of the molecule is CCOCC(C)(CN)Nc1cc(OC)ccc1F. The van der Waals surface area contributed by atoms with Gasteiger partial charge in [-0.25, -0.2) is 4.39 Å². The number of anilines is 1. The molecule has 102 valence electrons. The van der Waals surface area contributed by atoms with Crippen LogP contribution in [0.5, 0.6) is 5.75 Å². The Morgan fingerprint density at radius 2 is 2.17 bits per heavy atom. The summed E-state index contributed by atoms with van der Waals surface area (Å²) in [5, 5.41) is 3.08. The first kappa shape index (κ1) is 14.7. The number of ether oxygens (including phenoxy) is 2. The van der Waals surface area contributed by atoms with Crippen molar-refractivity contribution in [3.8, 4) is 5.75 Å². The summed E-state index contributed by atoms with van der Waals surface area (Å²) in [6.07, 6.45) is 0. The van der Waals surface area contributed by atoms with Crippen LogP contribution in [0.25, 0.3) is 0 Å². The zero-order chi connectivity index (χ0) is 13.6. The van der Waals surface area contributed by atoms with Crippen molar-refractivity contribution in [2.24, 2.45) is 5.73 Å². The van der Waals surface area contributed by atoms with Gasteiger partial charge in [0.15, 0.2) is 0 Å². The van der Waals surface area contributed by atoms with E-state index in [4.69, 9.17) is 15.2 Å². The van der Waals surface area contributed by atoms with Gasteiger partial charge < -0.3 is 20.5 Å². The number of rotatable bonds is 7. The molecule has 3 N–H and O–H groups in total. The van der Waals surface area contributed by atoms with Crippen LogP contribution < -0.4 is 15.8 Å². The monoisotopic (exact) mass is 256 g/mol. The minimum absolute atomic E-state index is 0.337. The highest BCUT2D eigenvalue weighted by Gasteiger charge is 2.23. The largest absolute Gasteiger partial charge is 0.497 e. The molecule has 0 saturated carbocycles. The quantitative estimate of drug-likeness (QED) is 0.783. The smallest absolute Gasteiger partial charge is 0.146 e. The predicted octanol–water partition coefficient (Wildman–Crippen LogP) is 2.00. The van der Waals surface area contributed by atoms with Crippen molar-refractivity contribution in [1.29, 1.82) is 0 Å². The molecule has 18 heavy (non-hydrogen) atoms. The van der Waals surface area contributed by atoms with E-state index in [-0.39, 0.29) is 5.82 Å². The van der Waals surface area contributed by atoms with E-state index >= 15 is 0 Å². The molecule has 0 aliphatic heterocycles. The molecule has 0 spiro atoms. The minimum atomic E-state index is -0.511. The molecule has 0 heterocycles. The van der Waals surface area contributed by atoms with E-state index in [1.54, 1.807) is 19.2 Å². The summed E-state index contributed by atoms with van der Waals surface area (Å²) in [4.78, 5) is 0. The fourth-order valence-corrected chi connectivity index (χ4v) is 1.53. The summed E-state index contributed by atoms with van der Waals surface area (Å²) in [6.45, 7) is 5.14. The molecule has 1 rings (SSSR count). The van der Waals surface area contributed by atoms with Crippen molar-refractivity contribution in [1.82, 2.24) is 0 Å². The standard InChI is InChI=1S/C13H21FN2O2/c1-4-18-9-13(2,8-15)16-12-7-10(17-3)5-6-11(12)14/h5-7,16H,4,8-9,15H2,1-3H3. The van der Waals surface area contributed by atoms with Crippen LogP contribution in [0.3, 0.4) is 0 Å². The molecule has 0 radical (unpaired) electrons. The van der Waals surface area contributed by atoms with Crippen molar-refractivity contribution >= 4 is 5.69 Å². The normalized spacial score (nSPS) is 14.1. The van der Waals surface area contributed by atoms with Gasteiger partial charge in [0, 0.05) is 19.2 Å². The highest BCUT2D eigenvalue weighted by molar-refractivity contribution is 5.51. The molecule has 0 amide bonds. The lowest BCUT2D eigenvalue weighted by Crippen LogP contribution is -2.47. The average molecular weight is 256 g/mol. The number of halogens is 1. The Bertz CT molecular complexity index is 387. The molecule has 0 bridgehead atoms. The first-order valence-electron chi connectivity index (χ1n) is 5.94. The van der Waals surface area contributed by atoms with Gasteiger partial charge in [-0.2, -0.15) is 0 Å². The summed E-state index contributed by atoms with van der Waals surface area (Å²) in [5.41, 5.74) is 5.57. The Morgan fingerprint density at radius 3 is 2.72 bits per heavy atom. The maximum absolute atomic E-state index is 13.7. The summed E-state index contributed by atoms with van der Waals surface area (Å²) in [5.74, 6) is 0.252. The number of benzene rings is 1. The van der Waals surface area contributed by atoms with Gasteiger partial charge in [0.2, 0.25) is 0 Å². The van der Waals surface area contributed by atoms with Gasteiger partial charge in [0.1, 0.15) is 11.6 Å². The highest BCUT2D eigenvalue weighted by atomic mass is 19.1. The fraction of sp³-hybridized carbons (Fsp3) is 0.538. The summed E-state index contributed by atoms with van der Waals surface area (Å²) >= 11 is 0. The van der Waals surface area contributed by atoms with E-state index < -0.39 is 5.54 Å². The first-order chi connectivity index (χ1) is 8.54. The summed E-state index contributed by atoms with van der Waals surface area (Å²) in [6, 6.07) is 4.54. The lowest BCUT2D eigenvalue weighted by Gasteiger charge is -2.30. The van der Waals surface area contributed by atoms with Crippen molar-refractivity contribution in [3.63, 3.8) is 0 Å². The number of hydrogen-bond acceptors (Lipinski definition) is 4. The van der Waals surface area contributed by atoms with Crippen LogP contribution in [0.1, 0.15) is 13.8 Å². The van der Waals surface area contributed by atoms with Crippen molar-refractivity contribution in [3.05, 3.63) is 24.0 Å². The Labute approximate surface area is 107 Å². The molecule has 0 fully saturated rings. The summed E-state index contributed by atoms with van der Waals surface area (Å²) < 4.78 is 24.1. The van der Waals surface area contributed by atoms with Gasteiger partial charge in [-0.3, -0.25) is 0 Å². The number of nitrogens with one attached hydrogen (secondary N) is 1. The van der Waals surface area contributed by atoms with Crippen molar-refractivity contribution < 1.29 is 13.9 Å². The molecular formula is C13H21FN2O2. The van der Waals surface area contributed by atoms with Crippen molar-refractivity contribution in [2.45, 2.75) is 19.4 Å². The lowest BCUT2D eigenvalue weighted by molar-refractivity contribution is 0.111. The maximum Gasteiger partial charge on any atom is 0.146 e. The molecule has 1 aromatic rings. The Balaban J connectivity index is 2.86. The van der Waals surface area contributed by atoms with Gasteiger partial charge >= 0.3 is 0 Å². The number of nitrogens with two attached hydrogens (primary N) is 1. The zero-order valence-electron chi connectivity index (χ0n) is 11.1. The Morgan fingerprint density at radius 1 is 1.44 bits per heavy atom. The zero-order valence-corrected chi connectivity index (χ0v) is 11.1. The second kappa shape index (κ2) is 6.56. The molecular weight excluding hydrogens is 235 g/mol. The van der Waals surface area contributed by atoms with Gasteiger partial charge in [0.25, 0.3) is 0 Å². The third kappa shape index (κ3) is 3.85. The molecule has 4 nitrogen and oxygen atoms in total. The van der Waals surface area contributed by atoms with E-state index in [9.17, 15) is 4.39 Å². The fourth-order valence-electron chi connectivity index (χ4n) is 1.53. The van der Waals surface area contributed by atoms with Gasteiger partial charge in [-0.15, -0.1) is 0 Å². The molecule has 1 unspecified atom stereocenters. The third-order valence-corrected chi connectivity index (χ3v) is 2.69. The maximum atomic E-state index is 13.7. The second-order valence-corrected chi connectivity index (χ2v) is 4.37. The number of methoxy groups -OCH3 is 1. The van der Waals surface area contributed by atoms with E-state index in [0.717, 1.165) is 0 Å². The van der Waals surface area contributed by atoms with Crippen LogP contribution in [0.4, 0.5) is 10.1 Å². The first-order valence-corrected chi connectivity index (χ1v) is 5.94. The van der Waals surface area contributed by atoms with Crippen LogP contribution in [-0.2, 0) is 4.74 Å². The molecule has 1 atom stereocenters. The van der Waals surface area contributed by atoms with Gasteiger partial charge in [-0.1, -0.05) is 0 Å². The Kier molecular flexibility index (Phi) is 5.37. The van der Waals surface area contributed by atoms with Gasteiger partial charge in [-0.05, 0) is 26.0 Å². The Hall–Kier alpha value is -1.33. The minimum Gasteiger partial charge on any atom is -0.497 e. The highest BCUT2D eigenvalue weighted by Crippen LogP contribution is 2.24. The van der Waals surface area contributed by atoms with Crippen LogP contribution in [0.15, 0.2) is 18.2 Å². The molecule has 1 aromatic carbocycles. The van der Waals surface area contributed by atoms with E-state index in [0.29, 0.717) is 31.2 Å². The third-order valence-electron chi connectivity index (χ3n) is 2.69. The van der Waals surface area contributed by atoms with Crippen LogP contribution in [0, 0.1) is 5.82 Å². The predicted molar refractivity (Wildman–Crippen MR) is 70.5 cm³/mol. The van der Waals surface area contributed by atoms with E-state index in [1.807, 2.05) is 13.8 Å². The molecule has 0 aromatic heterocycles. The van der Waals surface area contributed by atoms with E-state index in [2.05, 4.69) is 5.32 Å². The van der Waals surface area contributed by atoms with Crippen LogP contribution >= 0.6 is 0 Å². The van der Waals surface area contributed by atoms with Crippen molar-refractivity contribution in [2.75, 3.05) is 32.2 Å². The van der Waals surface area contributed by atoms with E-state index in [1.165, 1.54) is 6.07 Å². The second-order valence-electron chi connectivity index (χ2n) is 4.37. The topological polar surface area (TPSA) is 56.5 Å².